The topological polar surface area (TPSA) is 44.4 Å². The first kappa shape index (κ1) is 14.7. The number of hydrogen-bond acceptors (Lipinski definition) is 2. The van der Waals surface area contributed by atoms with E-state index in [0.29, 0.717) is 25.2 Å². The predicted octanol–water partition coefficient (Wildman–Crippen LogP) is 1.84. The minimum absolute atomic E-state index is 0.121. The second-order valence-corrected chi connectivity index (χ2v) is 4.42. The van der Waals surface area contributed by atoms with Crippen molar-refractivity contribution in [2.45, 2.75) is 6.54 Å². The normalized spacial score (nSPS) is 10.2. The minimum Gasteiger partial charge on any atom is -0.337 e. The summed E-state index contributed by atoms with van der Waals surface area (Å²) in [7, 11) is 3.34. The molecule has 0 spiro atoms. The van der Waals surface area contributed by atoms with Crippen LogP contribution in [0.15, 0.2) is 18.2 Å². The second kappa shape index (κ2) is 7.18. The summed E-state index contributed by atoms with van der Waals surface area (Å²) in [6.07, 6.45) is 0. The molecule has 0 heterocycles. The molecule has 1 aromatic rings. The van der Waals surface area contributed by atoms with Gasteiger partial charge in [-0.1, -0.05) is 23.7 Å². The third kappa shape index (κ3) is 4.50. The Kier molecular flexibility index (Phi) is 5.88. The summed E-state index contributed by atoms with van der Waals surface area (Å²) in [6.45, 7) is 1.43. The Morgan fingerprint density at radius 2 is 2.11 bits per heavy atom. The number of urea groups is 1. The van der Waals surface area contributed by atoms with Gasteiger partial charge in [0, 0.05) is 39.3 Å². The molecule has 100 valence electrons. The lowest BCUT2D eigenvalue weighted by Crippen LogP contribution is -2.38. The summed E-state index contributed by atoms with van der Waals surface area (Å²) in [6, 6.07) is 4.74. The maximum absolute atomic E-state index is 13.5. The van der Waals surface area contributed by atoms with Gasteiger partial charge in [0.2, 0.25) is 0 Å². The van der Waals surface area contributed by atoms with Gasteiger partial charge in [0.05, 0.1) is 5.02 Å². The molecule has 0 saturated heterocycles. The molecule has 0 aliphatic carbocycles. The molecule has 0 radical (unpaired) electrons. The Bertz CT molecular complexity index is 412. The molecule has 2 N–H and O–H groups in total. The molecular weight excluding hydrogens is 257 g/mol. The fraction of sp³-hybridized carbons (Fsp3) is 0.417. The standard InChI is InChI=1S/C12H17ClFN3O/c1-17(2)12(18)16-7-6-15-8-9-4-3-5-10(13)11(9)14/h3-5,15H,6-8H2,1-2H3,(H,16,18). The van der Waals surface area contributed by atoms with E-state index in [4.69, 9.17) is 11.6 Å². The fourth-order valence-electron chi connectivity index (χ4n) is 1.32. The van der Waals surface area contributed by atoms with Crippen LogP contribution in [0.3, 0.4) is 0 Å². The van der Waals surface area contributed by atoms with Crippen molar-refractivity contribution in [3.8, 4) is 0 Å². The summed E-state index contributed by atoms with van der Waals surface area (Å²) in [4.78, 5) is 12.6. The zero-order chi connectivity index (χ0) is 13.5. The van der Waals surface area contributed by atoms with Gasteiger partial charge in [0.1, 0.15) is 5.82 Å². The van der Waals surface area contributed by atoms with Gasteiger partial charge < -0.3 is 15.5 Å². The van der Waals surface area contributed by atoms with E-state index in [2.05, 4.69) is 10.6 Å². The summed E-state index contributed by atoms with van der Waals surface area (Å²) in [5.74, 6) is -0.399. The molecule has 4 nitrogen and oxygen atoms in total. The lowest BCUT2D eigenvalue weighted by Gasteiger charge is -2.12. The van der Waals surface area contributed by atoms with Crippen LogP contribution in [0, 0.1) is 5.82 Å². The van der Waals surface area contributed by atoms with Gasteiger partial charge in [-0.15, -0.1) is 0 Å². The largest absolute Gasteiger partial charge is 0.337 e. The summed E-state index contributed by atoms with van der Waals surface area (Å²) in [5, 5.41) is 5.85. The number of benzene rings is 1. The highest BCUT2D eigenvalue weighted by Gasteiger charge is 2.05. The Hall–Kier alpha value is -1.33. The van der Waals surface area contributed by atoms with Crippen molar-refractivity contribution in [2.24, 2.45) is 0 Å². The first-order valence-electron chi connectivity index (χ1n) is 5.61. The molecule has 0 bridgehead atoms. The van der Waals surface area contributed by atoms with Crippen molar-refractivity contribution in [3.63, 3.8) is 0 Å². The molecule has 0 fully saturated rings. The maximum Gasteiger partial charge on any atom is 0.316 e. The van der Waals surface area contributed by atoms with Crippen LogP contribution < -0.4 is 10.6 Å². The number of rotatable bonds is 5. The molecule has 6 heteroatoms. The van der Waals surface area contributed by atoms with Gasteiger partial charge in [0.15, 0.2) is 0 Å². The highest BCUT2D eigenvalue weighted by molar-refractivity contribution is 6.30. The lowest BCUT2D eigenvalue weighted by molar-refractivity contribution is 0.217. The minimum atomic E-state index is -0.399. The monoisotopic (exact) mass is 273 g/mol. The van der Waals surface area contributed by atoms with E-state index in [0.717, 1.165) is 0 Å². The van der Waals surface area contributed by atoms with Crippen molar-refractivity contribution in [1.82, 2.24) is 15.5 Å². The first-order chi connectivity index (χ1) is 8.52. The van der Waals surface area contributed by atoms with Crippen molar-refractivity contribution in [1.29, 1.82) is 0 Å². The van der Waals surface area contributed by atoms with Crippen LogP contribution in [-0.4, -0.2) is 38.1 Å². The molecule has 18 heavy (non-hydrogen) atoms. The molecule has 0 aromatic heterocycles. The number of nitrogens with one attached hydrogen (secondary N) is 2. The van der Waals surface area contributed by atoms with Crippen molar-refractivity contribution < 1.29 is 9.18 Å². The van der Waals surface area contributed by atoms with Crippen LogP contribution in [0.2, 0.25) is 5.02 Å². The van der Waals surface area contributed by atoms with Gasteiger partial charge in [-0.3, -0.25) is 0 Å². The summed E-state index contributed by atoms with van der Waals surface area (Å²) >= 11 is 5.67. The molecule has 0 saturated carbocycles. The molecule has 0 aliphatic rings. The number of carbonyl (C=O) groups is 1. The molecule has 0 atom stereocenters. The third-order valence-electron chi connectivity index (χ3n) is 2.33. The van der Waals surface area contributed by atoms with Crippen LogP contribution in [0.4, 0.5) is 9.18 Å². The molecular formula is C12H17ClFN3O. The van der Waals surface area contributed by atoms with Gasteiger partial charge in [-0.25, -0.2) is 9.18 Å². The maximum atomic E-state index is 13.5. The Morgan fingerprint density at radius 3 is 2.78 bits per heavy atom. The Labute approximate surface area is 111 Å². The van der Waals surface area contributed by atoms with Crippen LogP contribution in [0.5, 0.6) is 0 Å². The van der Waals surface area contributed by atoms with E-state index in [1.54, 1.807) is 26.2 Å². The third-order valence-corrected chi connectivity index (χ3v) is 2.62. The van der Waals surface area contributed by atoms with Crippen LogP contribution in [0.25, 0.3) is 0 Å². The van der Waals surface area contributed by atoms with E-state index in [1.165, 1.54) is 11.0 Å². The van der Waals surface area contributed by atoms with Crippen molar-refractivity contribution in [2.75, 3.05) is 27.2 Å². The van der Waals surface area contributed by atoms with Gasteiger partial charge in [0.25, 0.3) is 0 Å². The SMILES string of the molecule is CN(C)C(=O)NCCNCc1cccc(Cl)c1F. The van der Waals surface area contributed by atoms with Gasteiger partial charge in [-0.05, 0) is 6.07 Å². The molecule has 0 unspecified atom stereocenters. The van der Waals surface area contributed by atoms with Crippen LogP contribution >= 0.6 is 11.6 Å². The average Bonchev–Trinajstić information content (AvgIpc) is 2.33. The fourth-order valence-corrected chi connectivity index (χ4v) is 1.52. The highest BCUT2D eigenvalue weighted by atomic mass is 35.5. The number of carbonyl (C=O) groups excluding carboxylic acids is 1. The number of halogens is 2. The van der Waals surface area contributed by atoms with Crippen molar-refractivity contribution >= 4 is 17.6 Å². The van der Waals surface area contributed by atoms with Crippen molar-refractivity contribution in [3.05, 3.63) is 34.6 Å². The van der Waals surface area contributed by atoms with E-state index < -0.39 is 5.82 Å². The molecule has 1 rings (SSSR count). The van der Waals surface area contributed by atoms with Gasteiger partial charge >= 0.3 is 6.03 Å². The predicted molar refractivity (Wildman–Crippen MR) is 70.2 cm³/mol. The highest BCUT2D eigenvalue weighted by Crippen LogP contribution is 2.17. The first-order valence-corrected chi connectivity index (χ1v) is 5.99. The second-order valence-electron chi connectivity index (χ2n) is 4.02. The lowest BCUT2D eigenvalue weighted by atomic mass is 10.2. The number of nitrogens with zero attached hydrogens (tertiary/aromatic N) is 1. The quantitative estimate of drug-likeness (QED) is 0.804. The summed E-state index contributed by atoms with van der Waals surface area (Å²) < 4.78 is 13.5. The molecule has 2 amide bonds. The Balaban J connectivity index is 2.26. The zero-order valence-corrected chi connectivity index (χ0v) is 11.2. The number of amides is 2. The van der Waals surface area contributed by atoms with Crippen LogP contribution in [0.1, 0.15) is 5.56 Å². The smallest absolute Gasteiger partial charge is 0.316 e. The zero-order valence-electron chi connectivity index (χ0n) is 10.5. The number of hydrogen-bond donors (Lipinski definition) is 2. The average molecular weight is 274 g/mol. The van der Waals surface area contributed by atoms with E-state index in [9.17, 15) is 9.18 Å². The van der Waals surface area contributed by atoms with Crippen LogP contribution in [-0.2, 0) is 6.54 Å². The van der Waals surface area contributed by atoms with E-state index in [1.807, 2.05) is 0 Å². The van der Waals surface area contributed by atoms with E-state index in [-0.39, 0.29) is 11.1 Å². The molecule has 0 aliphatic heterocycles. The van der Waals surface area contributed by atoms with E-state index >= 15 is 0 Å². The Morgan fingerprint density at radius 1 is 1.39 bits per heavy atom. The molecule has 1 aromatic carbocycles. The summed E-state index contributed by atoms with van der Waals surface area (Å²) in [5.41, 5.74) is 0.515. The van der Waals surface area contributed by atoms with Gasteiger partial charge in [-0.2, -0.15) is 0 Å².